The van der Waals surface area contributed by atoms with Gasteiger partial charge in [0.2, 0.25) is 0 Å². The van der Waals surface area contributed by atoms with Gasteiger partial charge in [0, 0.05) is 12.1 Å². The molecule has 10 heteroatoms. The monoisotopic (exact) mass is 348 g/mol. The molecule has 3 rings (SSSR count). The van der Waals surface area contributed by atoms with Crippen LogP contribution in [0.15, 0.2) is 12.5 Å². The molecule has 0 saturated carbocycles. The predicted molar refractivity (Wildman–Crippen MR) is 84.1 cm³/mol. The molecule has 1 saturated heterocycles. The lowest BCUT2D eigenvalue weighted by molar-refractivity contribution is -0.130. The van der Waals surface area contributed by atoms with E-state index in [0.717, 1.165) is 0 Å². The molecule has 0 aromatic carbocycles. The molecule has 1 aliphatic heterocycles. The van der Waals surface area contributed by atoms with Crippen LogP contribution in [0, 0.1) is 11.8 Å². The minimum atomic E-state index is -1.74. The number of nitrogens with zero attached hydrogens (tertiary/aromatic N) is 3. The van der Waals surface area contributed by atoms with Crippen LogP contribution in [0.25, 0.3) is 11.0 Å². The maximum Gasteiger partial charge on any atom is 0.382 e. The largest absolute Gasteiger partial charge is 0.472 e. The van der Waals surface area contributed by atoms with Crippen molar-refractivity contribution >= 4 is 22.8 Å². The zero-order chi connectivity index (χ0) is 18.4. The highest BCUT2D eigenvalue weighted by molar-refractivity contribution is 5.94. The predicted octanol–water partition coefficient (Wildman–Crippen LogP) is -1.55. The number of fused-ring (bicyclic) bond motifs is 1. The quantitative estimate of drug-likeness (QED) is 0.404. The van der Waals surface area contributed by atoms with Crippen molar-refractivity contribution in [3.05, 3.63) is 18.1 Å². The molecule has 6 N–H and O–H groups in total. The molecular formula is C15H16N4O6. The highest BCUT2D eigenvalue weighted by Crippen LogP contribution is 2.40. The maximum absolute atomic E-state index is 10.7. The maximum atomic E-state index is 10.7. The topological polar surface area (TPSA) is 164 Å². The van der Waals surface area contributed by atoms with E-state index >= 15 is 0 Å². The number of nitrogens with two attached hydrogens (primary N) is 1. The number of carbonyl (C=O) groups is 1. The van der Waals surface area contributed by atoms with Gasteiger partial charge in [0.05, 0.1) is 17.6 Å². The third kappa shape index (κ3) is 2.69. The van der Waals surface area contributed by atoms with Crippen LogP contribution < -0.4 is 5.73 Å². The van der Waals surface area contributed by atoms with Gasteiger partial charge in [-0.25, -0.2) is 14.8 Å². The number of carboxylic acids is 1. The summed E-state index contributed by atoms with van der Waals surface area (Å²) in [6.45, 7) is 0.868. The number of hydrogen-bond donors (Lipinski definition) is 5. The van der Waals surface area contributed by atoms with Crippen LogP contribution in [0.4, 0.5) is 5.82 Å². The number of nitrogen functional groups attached to an aromatic ring is 1. The van der Waals surface area contributed by atoms with E-state index < -0.39 is 36.6 Å². The van der Waals surface area contributed by atoms with Crippen LogP contribution in [0.1, 0.15) is 18.7 Å². The molecule has 2 aromatic heterocycles. The van der Waals surface area contributed by atoms with E-state index in [1.807, 2.05) is 5.92 Å². The molecule has 1 aliphatic rings. The van der Waals surface area contributed by atoms with Crippen molar-refractivity contribution in [2.45, 2.75) is 31.0 Å². The number of ether oxygens (including phenoxy) is 1. The van der Waals surface area contributed by atoms with E-state index in [-0.39, 0.29) is 17.0 Å². The van der Waals surface area contributed by atoms with Gasteiger partial charge in [-0.15, -0.1) is 0 Å². The van der Waals surface area contributed by atoms with Crippen molar-refractivity contribution in [2.75, 3.05) is 12.3 Å². The van der Waals surface area contributed by atoms with Gasteiger partial charge in [0.25, 0.3) is 0 Å². The Labute approximate surface area is 141 Å². The van der Waals surface area contributed by atoms with Crippen LogP contribution in [0.2, 0.25) is 0 Å². The van der Waals surface area contributed by atoms with E-state index in [1.54, 1.807) is 0 Å². The Kier molecular flexibility index (Phi) is 4.09. The molecule has 1 fully saturated rings. The first-order chi connectivity index (χ1) is 11.8. The van der Waals surface area contributed by atoms with Gasteiger partial charge in [-0.2, -0.15) is 0 Å². The van der Waals surface area contributed by atoms with Gasteiger partial charge in [0.1, 0.15) is 35.6 Å². The number of aromatic nitrogens is 3. The van der Waals surface area contributed by atoms with Crippen LogP contribution >= 0.6 is 0 Å². The molecule has 132 valence electrons. The molecule has 2 unspecified atom stereocenters. The lowest BCUT2D eigenvalue weighted by Gasteiger charge is -2.27. The molecule has 3 heterocycles. The van der Waals surface area contributed by atoms with Crippen molar-refractivity contribution in [2.24, 2.45) is 0 Å². The molecule has 0 amide bonds. The number of rotatable bonds is 2. The van der Waals surface area contributed by atoms with Crippen molar-refractivity contribution < 1.29 is 30.0 Å². The summed E-state index contributed by atoms with van der Waals surface area (Å²) in [6, 6.07) is 0. The smallest absolute Gasteiger partial charge is 0.382 e. The first-order valence-corrected chi connectivity index (χ1v) is 7.30. The summed E-state index contributed by atoms with van der Waals surface area (Å²) < 4.78 is 6.95. The normalized spacial score (nSPS) is 28.7. The minimum absolute atomic E-state index is 0.0790. The average Bonchev–Trinajstić information content (AvgIpc) is 3.02. The van der Waals surface area contributed by atoms with E-state index in [9.17, 15) is 20.1 Å². The summed E-state index contributed by atoms with van der Waals surface area (Å²) in [5.74, 6) is 3.20. The van der Waals surface area contributed by atoms with Gasteiger partial charge in [-0.1, -0.05) is 5.92 Å². The Bertz CT molecular complexity index is 897. The van der Waals surface area contributed by atoms with E-state index in [0.29, 0.717) is 5.39 Å². The number of hydrogen-bond acceptors (Lipinski definition) is 8. The molecule has 4 atom stereocenters. The summed E-state index contributed by atoms with van der Waals surface area (Å²) in [5.41, 5.74) is 4.59. The summed E-state index contributed by atoms with van der Waals surface area (Å²) in [6.07, 6.45) is -0.821. The minimum Gasteiger partial charge on any atom is -0.472 e. The molecule has 10 nitrogen and oxygen atoms in total. The van der Waals surface area contributed by atoms with Crippen LogP contribution in [0.3, 0.4) is 0 Å². The highest BCUT2D eigenvalue weighted by atomic mass is 16.6. The fourth-order valence-electron chi connectivity index (χ4n) is 2.89. The highest BCUT2D eigenvalue weighted by Gasteiger charge is 2.53. The van der Waals surface area contributed by atoms with Crippen molar-refractivity contribution in [1.29, 1.82) is 0 Å². The standard InChI is InChI=1S/C15H16N4O6/c1-15(24)11(23)8(5-20)25-14(15)19-4-7(2-3-9(21)22)10-12(16)17-6-18-13(10)19/h4,6,8,11,14,20,23-24H,5H2,1H3,(H,21,22)(H2,16,17,18)/t8?,11-,14?,15+/m1/s1. The average molecular weight is 348 g/mol. The molecule has 2 aromatic rings. The molecule has 0 aliphatic carbocycles. The van der Waals surface area contributed by atoms with E-state index in [1.165, 1.54) is 24.0 Å². The Balaban J connectivity index is 2.20. The van der Waals surface area contributed by atoms with Crippen molar-refractivity contribution in [3.63, 3.8) is 0 Å². The second kappa shape index (κ2) is 5.98. The van der Waals surface area contributed by atoms with Gasteiger partial charge in [-0.3, -0.25) is 0 Å². The van der Waals surface area contributed by atoms with Crippen molar-refractivity contribution in [3.8, 4) is 11.8 Å². The second-order valence-corrected chi connectivity index (χ2v) is 5.84. The van der Waals surface area contributed by atoms with Gasteiger partial charge >= 0.3 is 5.97 Å². The second-order valence-electron chi connectivity index (χ2n) is 5.84. The zero-order valence-corrected chi connectivity index (χ0v) is 13.1. The molecule has 25 heavy (non-hydrogen) atoms. The number of aliphatic hydroxyl groups excluding tert-OH is 2. The van der Waals surface area contributed by atoms with Crippen LogP contribution in [-0.2, 0) is 9.53 Å². The number of aliphatic hydroxyl groups is 3. The molecule has 0 spiro atoms. The lowest BCUT2D eigenvalue weighted by Crippen LogP contribution is -2.44. The summed E-state index contributed by atoms with van der Waals surface area (Å²) >= 11 is 0. The Morgan fingerprint density at radius 3 is 2.84 bits per heavy atom. The Morgan fingerprint density at radius 1 is 1.52 bits per heavy atom. The number of anilines is 1. The van der Waals surface area contributed by atoms with Gasteiger partial charge in [0.15, 0.2) is 6.23 Å². The summed E-state index contributed by atoms with van der Waals surface area (Å²) in [4.78, 5) is 18.7. The zero-order valence-electron chi connectivity index (χ0n) is 13.1. The van der Waals surface area contributed by atoms with Crippen LogP contribution in [-0.4, -0.2) is 65.3 Å². The first-order valence-electron chi connectivity index (χ1n) is 7.30. The van der Waals surface area contributed by atoms with Crippen molar-refractivity contribution in [1.82, 2.24) is 14.5 Å². The van der Waals surface area contributed by atoms with Gasteiger partial charge < -0.3 is 35.5 Å². The summed E-state index contributed by atoms with van der Waals surface area (Å²) in [7, 11) is 0. The fourth-order valence-corrected chi connectivity index (χ4v) is 2.89. The van der Waals surface area contributed by atoms with Crippen LogP contribution in [0.5, 0.6) is 0 Å². The first kappa shape index (κ1) is 17.1. The lowest BCUT2D eigenvalue weighted by atomic mass is 9.96. The number of aliphatic carboxylic acids is 1. The van der Waals surface area contributed by atoms with E-state index in [4.69, 9.17) is 15.6 Å². The third-order valence-corrected chi connectivity index (χ3v) is 4.13. The Morgan fingerprint density at radius 2 is 2.24 bits per heavy atom. The SMILES string of the molecule is C[C@@]1(O)C(n2cc(C#CC(=O)O)c3c(N)ncnc32)OC(CO)[C@H]1O. The number of carboxylic acid groups (broad SMARTS) is 1. The van der Waals surface area contributed by atoms with E-state index in [2.05, 4.69) is 15.9 Å². The molecule has 0 radical (unpaired) electrons. The van der Waals surface area contributed by atoms with Gasteiger partial charge in [-0.05, 0) is 6.92 Å². The Hall–Kier alpha value is -2.71. The molecule has 0 bridgehead atoms. The summed E-state index contributed by atoms with van der Waals surface area (Å²) in [5, 5.41) is 39.1. The third-order valence-electron chi connectivity index (χ3n) is 4.13. The molecular weight excluding hydrogens is 332 g/mol. The fraction of sp³-hybridized carbons (Fsp3) is 0.400.